The number of nitrogens with zero attached hydrogens (tertiary/aromatic N) is 1. The van der Waals surface area contributed by atoms with E-state index in [1.165, 1.54) is 5.56 Å². The van der Waals surface area contributed by atoms with Crippen LogP contribution in [0.3, 0.4) is 0 Å². The maximum Gasteiger partial charge on any atom is 0.185 e. The summed E-state index contributed by atoms with van der Waals surface area (Å²) in [5.41, 5.74) is 18.5. The number of hydrogen-bond donors (Lipinski definition) is 5. The standard InChI is InChI=1S/C46H59N3O7/c1-5-6-7-9-28-19-31-21-36(51)32(18-26(2)3)20-34(31)43-41(53-4)24-39-35(42(28)43)23-37(52)45(55-39)29-13-14-38-40(22-29)56-44-27(10-8-17-54-38)11-12-30(25-50)33(44)15-16-49-46(47)48/h13-14,20-22,24,26-28,30,33,37,44-45,50-52H,5-7,9-12,15-16,18-19,23,25H2,1-4H3,(H4,47,48,49). The maximum absolute atomic E-state index is 12.0. The fourth-order valence-corrected chi connectivity index (χ4v) is 9.74. The van der Waals surface area contributed by atoms with Crippen LogP contribution in [-0.2, 0) is 19.3 Å². The third kappa shape index (κ3) is 8.12. The van der Waals surface area contributed by atoms with Crippen molar-refractivity contribution in [3.05, 3.63) is 64.2 Å². The number of benzene rings is 3. The van der Waals surface area contributed by atoms with Crippen LogP contribution < -0.4 is 30.4 Å². The number of rotatable bonds is 12. The normalized spacial score (nSPS) is 24.7. The van der Waals surface area contributed by atoms with Crippen molar-refractivity contribution in [1.82, 2.24) is 0 Å². The van der Waals surface area contributed by atoms with Crippen LogP contribution in [-0.4, -0.2) is 53.7 Å². The van der Waals surface area contributed by atoms with Gasteiger partial charge in [0.1, 0.15) is 35.6 Å². The number of aliphatic hydroxyl groups excluding tert-OH is 2. The Morgan fingerprint density at radius 1 is 1.02 bits per heavy atom. The molecule has 2 aliphatic heterocycles. The minimum Gasteiger partial charge on any atom is -0.508 e. The van der Waals surface area contributed by atoms with Gasteiger partial charge in [0, 0.05) is 55.0 Å². The van der Waals surface area contributed by atoms with Gasteiger partial charge in [-0.15, -0.1) is 0 Å². The molecule has 2 aliphatic carbocycles. The summed E-state index contributed by atoms with van der Waals surface area (Å²) in [4.78, 5) is 4.24. The van der Waals surface area contributed by atoms with Crippen molar-refractivity contribution >= 4 is 5.96 Å². The van der Waals surface area contributed by atoms with Crippen LogP contribution in [0.1, 0.15) is 112 Å². The number of guanidine groups is 1. The Kier molecular flexibility index (Phi) is 12.2. The molecule has 10 nitrogen and oxygen atoms in total. The molecule has 1 fully saturated rings. The van der Waals surface area contributed by atoms with E-state index >= 15 is 0 Å². The highest BCUT2D eigenvalue weighted by molar-refractivity contribution is 5.83. The summed E-state index contributed by atoms with van der Waals surface area (Å²) in [5, 5.41) is 33.5. The van der Waals surface area contributed by atoms with Crippen LogP contribution >= 0.6 is 0 Å². The van der Waals surface area contributed by atoms with Crippen LogP contribution in [0.15, 0.2) is 41.4 Å². The average molecular weight is 766 g/mol. The van der Waals surface area contributed by atoms with Gasteiger partial charge < -0.3 is 45.7 Å². The van der Waals surface area contributed by atoms with E-state index in [-0.39, 0.29) is 42.3 Å². The second-order valence-electron chi connectivity index (χ2n) is 16.7. The van der Waals surface area contributed by atoms with Crippen molar-refractivity contribution in [3.63, 3.8) is 0 Å². The first-order chi connectivity index (χ1) is 27.1. The number of aliphatic hydroxyl groups is 2. The second kappa shape index (κ2) is 17.3. The molecule has 4 aliphatic rings. The predicted octanol–water partition coefficient (Wildman–Crippen LogP) is 7.31. The number of unbranched alkanes of at least 4 members (excludes halogenated alkanes) is 2. The summed E-state index contributed by atoms with van der Waals surface area (Å²) in [5.74, 6) is 6.81. The fourth-order valence-electron chi connectivity index (χ4n) is 9.74. The van der Waals surface area contributed by atoms with Crippen molar-refractivity contribution in [3.8, 4) is 51.9 Å². The van der Waals surface area contributed by atoms with Gasteiger partial charge in [0.25, 0.3) is 0 Å². The molecule has 3 aromatic carbocycles. The predicted molar refractivity (Wildman–Crippen MR) is 218 cm³/mol. The topological polar surface area (TPSA) is 162 Å². The fraction of sp³-hybridized carbons (Fsp3) is 0.543. The molecule has 3 aromatic rings. The molecule has 0 radical (unpaired) electrons. The van der Waals surface area contributed by atoms with Crippen molar-refractivity contribution < 1.29 is 34.3 Å². The molecule has 10 heteroatoms. The summed E-state index contributed by atoms with van der Waals surface area (Å²) < 4.78 is 25.8. The molecular weight excluding hydrogens is 707 g/mol. The highest BCUT2D eigenvalue weighted by Crippen LogP contribution is 2.54. The molecular formula is C46H59N3O7. The Hall–Kier alpha value is -4.59. The number of methoxy groups -OCH3 is 1. The third-order valence-electron chi connectivity index (χ3n) is 12.4. The van der Waals surface area contributed by atoms with Gasteiger partial charge in [-0.2, -0.15) is 0 Å². The molecule has 300 valence electrons. The Labute approximate surface area is 331 Å². The molecule has 0 spiro atoms. The molecule has 0 aromatic heterocycles. The zero-order valence-corrected chi connectivity index (χ0v) is 33.4. The minimum atomic E-state index is -0.836. The summed E-state index contributed by atoms with van der Waals surface area (Å²) in [6.07, 6.45) is 10.5. The van der Waals surface area contributed by atoms with Gasteiger partial charge in [-0.05, 0) is 108 Å². The molecule has 2 heterocycles. The number of phenolic OH excluding ortho intramolecular Hbond substituents is 1. The molecule has 0 amide bonds. The Morgan fingerprint density at radius 2 is 1.86 bits per heavy atom. The van der Waals surface area contributed by atoms with E-state index in [1.54, 1.807) is 7.11 Å². The molecule has 7 unspecified atom stereocenters. The van der Waals surface area contributed by atoms with E-state index in [0.29, 0.717) is 54.7 Å². The minimum absolute atomic E-state index is 0.00103. The van der Waals surface area contributed by atoms with Crippen molar-refractivity contribution in [2.45, 2.75) is 116 Å². The van der Waals surface area contributed by atoms with Crippen LogP contribution in [0, 0.1) is 35.7 Å². The van der Waals surface area contributed by atoms with Gasteiger partial charge in [-0.3, -0.25) is 4.99 Å². The summed E-state index contributed by atoms with van der Waals surface area (Å²) >= 11 is 0. The Bertz CT molecular complexity index is 1980. The molecule has 7 rings (SSSR count). The first-order valence-electron chi connectivity index (χ1n) is 20.6. The van der Waals surface area contributed by atoms with E-state index in [2.05, 4.69) is 43.9 Å². The molecule has 7 N–H and O–H groups in total. The lowest BCUT2D eigenvalue weighted by Gasteiger charge is -2.42. The van der Waals surface area contributed by atoms with Crippen LogP contribution in [0.5, 0.6) is 28.7 Å². The quantitative estimate of drug-likeness (QED) is 0.0551. The van der Waals surface area contributed by atoms with E-state index in [4.69, 9.17) is 30.4 Å². The number of hydrogen-bond acceptors (Lipinski definition) is 8. The molecule has 0 saturated heterocycles. The van der Waals surface area contributed by atoms with E-state index < -0.39 is 12.2 Å². The van der Waals surface area contributed by atoms with Gasteiger partial charge >= 0.3 is 0 Å². The zero-order valence-electron chi connectivity index (χ0n) is 33.4. The van der Waals surface area contributed by atoms with Crippen LogP contribution in [0.4, 0.5) is 0 Å². The largest absolute Gasteiger partial charge is 0.508 e. The number of nitrogens with two attached hydrogens (primary N) is 2. The van der Waals surface area contributed by atoms with Gasteiger partial charge in [0.15, 0.2) is 17.5 Å². The number of fused-ring (bicyclic) bond motifs is 7. The van der Waals surface area contributed by atoms with E-state index in [0.717, 1.165) is 90.5 Å². The van der Waals surface area contributed by atoms with Gasteiger partial charge in [-0.1, -0.05) is 52.0 Å². The zero-order chi connectivity index (χ0) is 39.5. The van der Waals surface area contributed by atoms with Crippen LogP contribution in [0.2, 0.25) is 0 Å². The van der Waals surface area contributed by atoms with E-state index in [9.17, 15) is 15.3 Å². The molecule has 56 heavy (non-hydrogen) atoms. The lowest BCUT2D eigenvalue weighted by molar-refractivity contribution is -0.0157. The Balaban J connectivity index is 1.25. The number of aromatic hydroxyl groups is 1. The highest BCUT2D eigenvalue weighted by atomic mass is 16.5. The SMILES string of the molecule is CCCCCC1Cc2cc(O)c(CC(C)C)cc2-c2c(OC)cc3c(c21)CC(O)C(c1ccc2c(c1)OC1C(CC#CO2)CCC(CO)C1CCN=C(N)N)O3. The Morgan fingerprint density at radius 3 is 2.61 bits per heavy atom. The third-order valence-corrected chi connectivity index (χ3v) is 12.4. The monoisotopic (exact) mass is 765 g/mol. The number of ether oxygens (including phenoxy) is 4. The second-order valence-corrected chi connectivity index (χ2v) is 16.7. The maximum atomic E-state index is 12.0. The smallest absolute Gasteiger partial charge is 0.185 e. The van der Waals surface area contributed by atoms with Crippen LogP contribution in [0.25, 0.3) is 11.1 Å². The van der Waals surface area contributed by atoms with Crippen molar-refractivity contribution in [1.29, 1.82) is 0 Å². The van der Waals surface area contributed by atoms with Gasteiger partial charge in [0.2, 0.25) is 0 Å². The number of aliphatic imine (C=N–C) groups is 1. The molecule has 7 atom stereocenters. The summed E-state index contributed by atoms with van der Waals surface area (Å²) in [6, 6.07) is 11.8. The summed E-state index contributed by atoms with van der Waals surface area (Å²) in [7, 11) is 1.70. The lowest BCUT2D eigenvalue weighted by Crippen LogP contribution is -2.44. The lowest BCUT2D eigenvalue weighted by atomic mass is 9.69. The van der Waals surface area contributed by atoms with Crippen molar-refractivity contribution in [2.75, 3.05) is 20.3 Å². The number of phenols is 1. The van der Waals surface area contributed by atoms with Gasteiger partial charge in [0.05, 0.1) is 13.2 Å². The molecule has 1 saturated carbocycles. The highest BCUT2D eigenvalue weighted by Gasteiger charge is 2.42. The van der Waals surface area contributed by atoms with Gasteiger partial charge in [-0.25, -0.2) is 0 Å². The summed E-state index contributed by atoms with van der Waals surface area (Å²) in [6.45, 7) is 7.03. The average Bonchev–Trinajstić information content (AvgIpc) is 3.26. The van der Waals surface area contributed by atoms with Crippen molar-refractivity contribution in [2.24, 2.45) is 40.1 Å². The van der Waals surface area contributed by atoms with E-state index in [1.807, 2.05) is 30.3 Å². The molecule has 0 bridgehead atoms. The first kappa shape index (κ1) is 39.6. The first-order valence-corrected chi connectivity index (χ1v) is 20.6.